The van der Waals surface area contributed by atoms with Crippen LogP contribution in [0.15, 0.2) is 18.2 Å². The lowest BCUT2D eigenvalue weighted by Gasteiger charge is -2.27. The molecule has 1 aromatic carbocycles. The van der Waals surface area contributed by atoms with Crippen LogP contribution in [0.4, 0.5) is 5.69 Å². The van der Waals surface area contributed by atoms with E-state index in [9.17, 15) is 0 Å². The Kier molecular flexibility index (Phi) is 3.72. The molecular formula is C13H18ClNO. The Balaban J connectivity index is 2.19. The SMILES string of the molecule is CN(c1ccc(CO)cc1Cl)C1CCCC1. The van der Waals surface area contributed by atoms with Gasteiger partial charge in [0.15, 0.2) is 0 Å². The molecule has 2 nitrogen and oxygen atoms in total. The van der Waals surface area contributed by atoms with Gasteiger partial charge >= 0.3 is 0 Å². The van der Waals surface area contributed by atoms with Crippen molar-refractivity contribution in [1.82, 2.24) is 0 Å². The molecule has 0 radical (unpaired) electrons. The number of hydrogen-bond acceptors (Lipinski definition) is 2. The summed E-state index contributed by atoms with van der Waals surface area (Å²) in [6, 6.07) is 6.42. The van der Waals surface area contributed by atoms with Crippen LogP contribution < -0.4 is 4.90 Å². The zero-order valence-electron chi connectivity index (χ0n) is 9.62. The van der Waals surface area contributed by atoms with E-state index in [0.717, 1.165) is 16.3 Å². The molecule has 0 heterocycles. The van der Waals surface area contributed by atoms with E-state index in [1.165, 1.54) is 25.7 Å². The van der Waals surface area contributed by atoms with Gasteiger partial charge in [-0.2, -0.15) is 0 Å². The van der Waals surface area contributed by atoms with Crippen molar-refractivity contribution < 1.29 is 5.11 Å². The van der Waals surface area contributed by atoms with Crippen molar-refractivity contribution in [2.24, 2.45) is 0 Å². The van der Waals surface area contributed by atoms with Crippen LogP contribution in [0, 0.1) is 0 Å². The van der Waals surface area contributed by atoms with E-state index in [1.807, 2.05) is 18.2 Å². The summed E-state index contributed by atoms with van der Waals surface area (Å²) in [5, 5.41) is 9.77. The lowest BCUT2D eigenvalue weighted by molar-refractivity contribution is 0.282. The molecule has 0 atom stereocenters. The topological polar surface area (TPSA) is 23.5 Å². The molecule has 0 aliphatic heterocycles. The van der Waals surface area contributed by atoms with Crippen molar-refractivity contribution in [3.05, 3.63) is 28.8 Å². The second kappa shape index (κ2) is 5.07. The minimum Gasteiger partial charge on any atom is -0.392 e. The fourth-order valence-corrected chi connectivity index (χ4v) is 2.76. The molecule has 16 heavy (non-hydrogen) atoms. The third-order valence-corrected chi connectivity index (χ3v) is 3.75. The Hall–Kier alpha value is -0.730. The second-order valence-electron chi connectivity index (χ2n) is 4.49. The maximum absolute atomic E-state index is 9.03. The summed E-state index contributed by atoms with van der Waals surface area (Å²) in [6.45, 7) is 0.0488. The first-order valence-corrected chi connectivity index (χ1v) is 6.22. The van der Waals surface area contributed by atoms with Gasteiger partial charge in [0.1, 0.15) is 0 Å². The van der Waals surface area contributed by atoms with Gasteiger partial charge in [0.2, 0.25) is 0 Å². The van der Waals surface area contributed by atoms with Gasteiger partial charge in [-0.25, -0.2) is 0 Å². The van der Waals surface area contributed by atoms with Crippen LogP contribution in [0.3, 0.4) is 0 Å². The molecule has 0 unspecified atom stereocenters. The molecule has 88 valence electrons. The molecule has 1 aliphatic carbocycles. The highest BCUT2D eigenvalue weighted by atomic mass is 35.5. The van der Waals surface area contributed by atoms with Crippen LogP contribution in [0.2, 0.25) is 5.02 Å². The third-order valence-electron chi connectivity index (χ3n) is 3.45. The number of nitrogens with zero attached hydrogens (tertiary/aromatic N) is 1. The van der Waals surface area contributed by atoms with Crippen LogP contribution in [0.25, 0.3) is 0 Å². The number of hydrogen-bond donors (Lipinski definition) is 1. The normalized spacial score (nSPS) is 16.7. The molecule has 0 amide bonds. The van der Waals surface area contributed by atoms with Crippen molar-refractivity contribution in [3.8, 4) is 0 Å². The average molecular weight is 240 g/mol. The summed E-state index contributed by atoms with van der Waals surface area (Å²) in [7, 11) is 2.11. The Morgan fingerprint density at radius 1 is 1.38 bits per heavy atom. The van der Waals surface area contributed by atoms with E-state index in [4.69, 9.17) is 16.7 Å². The minimum atomic E-state index is 0.0488. The Morgan fingerprint density at radius 3 is 2.62 bits per heavy atom. The van der Waals surface area contributed by atoms with Gasteiger partial charge in [-0.3, -0.25) is 0 Å². The fraction of sp³-hybridized carbons (Fsp3) is 0.538. The predicted molar refractivity (Wildman–Crippen MR) is 68.0 cm³/mol. The largest absolute Gasteiger partial charge is 0.392 e. The average Bonchev–Trinajstić information content (AvgIpc) is 2.81. The van der Waals surface area contributed by atoms with Gasteiger partial charge < -0.3 is 10.0 Å². The first-order valence-electron chi connectivity index (χ1n) is 5.84. The van der Waals surface area contributed by atoms with E-state index < -0.39 is 0 Å². The molecule has 1 aliphatic rings. The smallest absolute Gasteiger partial charge is 0.0682 e. The molecule has 0 spiro atoms. The number of aliphatic hydroxyl groups is 1. The zero-order valence-corrected chi connectivity index (χ0v) is 10.4. The van der Waals surface area contributed by atoms with Gasteiger partial charge in [-0.1, -0.05) is 30.5 Å². The Morgan fingerprint density at radius 2 is 2.06 bits per heavy atom. The molecule has 3 heteroatoms. The lowest BCUT2D eigenvalue weighted by Crippen LogP contribution is -2.28. The van der Waals surface area contributed by atoms with Crippen LogP contribution in [0.1, 0.15) is 31.2 Å². The van der Waals surface area contributed by atoms with Crippen molar-refractivity contribution in [2.45, 2.75) is 38.3 Å². The predicted octanol–water partition coefficient (Wildman–Crippen LogP) is 3.21. The van der Waals surface area contributed by atoms with E-state index in [2.05, 4.69) is 11.9 Å². The highest BCUT2D eigenvalue weighted by Gasteiger charge is 2.21. The number of aliphatic hydroxyl groups excluding tert-OH is 1. The summed E-state index contributed by atoms with van der Waals surface area (Å²) in [5.41, 5.74) is 1.94. The Bertz CT molecular complexity index is 361. The van der Waals surface area contributed by atoms with Gasteiger partial charge in [0, 0.05) is 13.1 Å². The number of anilines is 1. The number of halogens is 1. The third kappa shape index (κ3) is 2.33. The monoisotopic (exact) mass is 239 g/mol. The minimum absolute atomic E-state index is 0.0488. The van der Waals surface area contributed by atoms with E-state index in [-0.39, 0.29) is 6.61 Å². The molecular weight excluding hydrogens is 222 g/mol. The molecule has 1 fully saturated rings. The second-order valence-corrected chi connectivity index (χ2v) is 4.90. The van der Waals surface area contributed by atoms with Crippen LogP contribution in [0.5, 0.6) is 0 Å². The van der Waals surface area contributed by atoms with Crippen LogP contribution in [-0.4, -0.2) is 18.2 Å². The standard InChI is InChI=1S/C13H18ClNO/c1-15(11-4-2-3-5-11)13-7-6-10(9-16)8-12(13)14/h6-8,11,16H,2-5,9H2,1H3. The van der Waals surface area contributed by atoms with Crippen molar-refractivity contribution in [2.75, 3.05) is 11.9 Å². The van der Waals surface area contributed by atoms with Gasteiger partial charge in [-0.05, 0) is 30.5 Å². The first-order chi connectivity index (χ1) is 7.72. The fourth-order valence-electron chi connectivity index (χ4n) is 2.42. The molecule has 0 saturated heterocycles. The van der Waals surface area contributed by atoms with E-state index in [0.29, 0.717) is 6.04 Å². The quantitative estimate of drug-likeness (QED) is 0.876. The molecule has 0 bridgehead atoms. The van der Waals surface area contributed by atoms with Crippen LogP contribution >= 0.6 is 11.6 Å². The molecule has 1 aromatic rings. The summed E-state index contributed by atoms with van der Waals surface area (Å²) in [4.78, 5) is 2.27. The van der Waals surface area contributed by atoms with Gasteiger partial charge in [0.05, 0.1) is 17.3 Å². The lowest BCUT2D eigenvalue weighted by atomic mass is 10.1. The first kappa shape index (κ1) is 11.7. The van der Waals surface area contributed by atoms with Crippen molar-refractivity contribution in [3.63, 3.8) is 0 Å². The van der Waals surface area contributed by atoms with Crippen LogP contribution in [-0.2, 0) is 6.61 Å². The number of rotatable bonds is 3. The number of benzene rings is 1. The maximum atomic E-state index is 9.03. The summed E-state index contributed by atoms with van der Waals surface area (Å²) < 4.78 is 0. The van der Waals surface area contributed by atoms with E-state index >= 15 is 0 Å². The molecule has 1 saturated carbocycles. The summed E-state index contributed by atoms with van der Waals surface area (Å²) >= 11 is 6.23. The summed E-state index contributed by atoms with van der Waals surface area (Å²) in [6.07, 6.45) is 5.16. The zero-order chi connectivity index (χ0) is 11.5. The van der Waals surface area contributed by atoms with Gasteiger partial charge in [-0.15, -0.1) is 0 Å². The summed E-state index contributed by atoms with van der Waals surface area (Å²) in [5.74, 6) is 0. The van der Waals surface area contributed by atoms with Crippen molar-refractivity contribution >= 4 is 17.3 Å². The Labute approximate surface area is 102 Å². The maximum Gasteiger partial charge on any atom is 0.0682 e. The molecule has 2 rings (SSSR count). The van der Waals surface area contributed by atoms with Gasteiger partial charge in [0.25, 0.3) is 0 Å². The van der Waals surface area contributed by atoms with E-state index in [1.54, 1.807) is 0 Å². The van der Waals surface area contributed by atoms with Crippen molar-refractivity contribution in [1.29, 1.82) is 0 Å². The highest BCUT2D eigenvalue weighted by molar-refractivity contribution is 6.33. The highest BCUT2D eigenvalue weighted by Crippen LogP contribution is 2.32. The molecule has 1 N–H and O–H groups in total. The molecule has 0 aromatic heterocycles.